The van der Waals surface area contributed by atoms with Crippen molar-refractivity contribution in [3.8, 4) is 5.69 Å². The number of nitro groups is 1. The summed E-state index contributed by atoms with van der Waals surface area (Å²) in [5.74, 6) is 0. The van der Waals surface area contributed by atoms with Crippen LogP contribution < -0.4 is 0 Å². The molecule has 3 aromatic rings. The van der Waals surface area contributed by atoms with Gasteiger partial charge in [-0.2, -0.15) is 5.10 Å². The maximum atomic E-state index is 11.0. The van der Waals surface area contributed by atoms with Crippen LogP contribution in [0.15, 0.2) is 43.1 Å². The Hall–Kier alpha value is -2.83. The first-order chi connectivity index (χ1) is 8.77. The molecule has 18 heavy (non-hydrogen) atoms. The van der Waals surface area contributed by atoms with Crippen molar-refractivity contribution in [2.24, 2.45) is 0 Å². The summed E-state index contributed by atoms with van der Waals surface area (Å²) in [6.07, 6.45) is 4.51. The largest absolute Gasteiger partial charge is 0.278 e. The molecule has 3 rings (SSSR count). The molecular formula is C11H7N5O2. The van der Waals surface area contributed by atoms with E-state index in [0.29, 0.717) is 16.6 Å². The number of hydrogen-bond acceptors (Lipinski definition) is 5. The summed E-state index contributed by atoms with van der Waals surface area (Å²) in [6.45, 7) is 0. The van der Waals surface area contributed by atoms with E-state index in [1.54, 1.807) is 24.4 Å². The van der Waals surface area contributed by atoms with Crippen LogP contribution in [0.3, 0.4) is 0 Å². The van der Waals surface area contributed by atoms with E-state index in [2.05, 4.69) is 15.1 Å². The lowest BCUT2D eigenvalue weighted by Crippen LogP contribution is -1.99. The highest BCUT2D eigenvalue weighted by Gasteiger charge is 2.15. The first-order valence-electron chi connectivity index (χ1n) is 5.14. The zero-order valence-electron chi connectivity index (χ0n) is 9.09. The van der Waals surface area contributed by atoms with Crippen LogP contribution in [-0.4, -0.2) is 24.7 Å². The van der Waals surface area contributed by atoms with Crippen LogP contribution in [0, 0.1) is 10.1 Å². The van der Waals surface area contributed by atoms with Crippen molar-refractivity contribution in [3.63, 3.8) is 0 Å². The van der Waals surface area contributed by atoms with Gasteiger partial charge in [-0.25, -0.2) is 9.67 Å². The molecule has 0 amide bonds. The molecule has 0 saturated carbocycles. The molecule has 0 unspecified atom stereocenters. The molecule has 7 heteroatoms. The molecular weight excluding hydrogens is 234 g/mol. The fraction of sp³-hybridized carbons (Fsp3) is 0. The zero-order chi connectivity index (χ0) is 12.5. The van der Waals surface area contributed by atoms with E-state index in [1.807, 2.05) is 0 Å². The predicted molar refractivity (Wildman–Crippen MR) is 63.3 cm³/mol. The summed E-state index contributed by atoms with van der Waals surface area (Å²) < 4.78 is 1.53. The van der Waals surface area contributed by atoms with Gasteiger partial charge in [0.1, 0.15) is 18.2 Å². The van der Waals surface area contributed by atoms with Crippen molar-refractivity contribution in [2.45, 2.75) is 0 Å². The highest BCUT2D eigenvalue weighted by atomic mass is 16.6. The van der Waals surface area contributed by atoms with Gasteiger partial charge in [0.2, 0.25) is 0 Å². The smallest absolute Gasteiger partial charge is 0.258 e. The van der Waals surface area contributed by atoms with Crippen LogP contribution in [0.5, 0.6) is 0 Å². The van der Waals surface area contributed by atoms with Gasteiger partial charge in [0, 0.05) is 12.3 Å². The van der Waals surface area contributed by atoms with Crippen molar-refractivity contribution >= 4 is 16.6 Å². The van der Waals surface area contributed by atoms with E-state index in [4.69, 9.17) is 0 Å². The predicted octanol–water partition coefficient (Wildman–Crippen LogP) is 1.72. The SMILES string of the molecule is O=[N+]([O-])c1ccc(-n2cncn2)c2ncccc12. The molecule has 0 spiro atoms. The topological polar surface area (TPSA) is 86.7 Å². The molecule has 0 aliphatic carbocycles. The summed E-state index contributed by atoms with van der Waals surface area (Å²) in [7, 11) is 0. The van der Waals surface area contributed by atoms with Crippen LogP contribution in [0.4, 0.5) is 5.69 Å². The average Bonchev–Trinajstić information content (AvgIpc) is 2.91. The van der Waals surface area contributed by atoms with Crippen LogP contribution in [-0.2, 0) is 0 Å². The lowest BCUT2D eigenvalue weighted by molar-refractivity contribution is -0.383. The Morgan fingerprint density at radius 2 is 2.17 bits per heavy atom. The van der Waals surface area contributed by atoms with Crippen LogP contribution in [0.2, 0.25) is 0 Å². The number of hydrogen-bond donors (Lipinski definition) is 0. The quantitative estimate of drug-likeness (QED) is 0.503. The number of pyridine rings is 1. The van der Waals surface area contributed by atoms with E-state index in [0.717, 1.165) is 0 Å². The molecule has 7 nitrogen and oxygen atoms in total. The minimum atomic E-state index is -0.421. The van der Waals surface area contributed by atoms with Gasteiger partial charge >= 0.3 is 0 Å². The summed E-state index contributed by atoms with van der Waals surface area (Å²) in [5.41, 5.74) is 1.22. The van der Waals surface area contributed by atoms with Gasteiger partial charge < -0.3 is 0 Å². The van der Waals surface area contributed by atoms with Crippen molar-refractivity contribution < 1.29 is 4.92 Å². The summed E-state index contributed by atoms with van der Waals surface area (Å²) in [6, 6.07) is 6.39. The second-order valence-electron chi connectivity index (χ2n) is 3.60. The van der Waals surface area contributed by atoms with E-state index in [-0.39, 0.29) is 5.69 Å². The molecule has 0 bridgehead atoms. The molecule has 2 heterocycles. The molecule has 0 aliphatic rings. The fourth-order valence-corrected chi connectivity index (χ4v) is 1.82. The van der Waals surface area contributed by atoms with Gasteiger partial charge in [-0.05, 0) is 18.2 Å². The number of aromatic nitrogens is 4. The Morgan fingerprint density at radius 3 is 2.89 bits per heavy atom. The molecule has 0 fully saturated rings. The van der Waals surface area contributed by atoms with Gasteiger partial charge in [-0.1, -0.05) is 0 Å². The van der Waals surface area contributed by atoms with E-state index < -0.39 is 4.92 Å². The molecule has 0 N–H and O–H groups in total. The van der Waals surface area contributed by atoms with Crippen LogP contribution >= 0.6 is 0 Å². The Balaban J connectivity index is 2.37. The monoisotopic (exact) mass is 241 g/mol. The Labute approximate surface area is 101 Å². The van der Waals surface area contributed by atoms with Crippen LogP contribution in [0.1, 0.15) is 0 Å². The summed E-state index contributed by atoms with van der Waals surface area (Å²) in [4.78, 5) is 18.6. The average molecular weight is 241 g/mol. The van der Waals surface area contributed by atoms with Gasteiger partial charge in [0.25, 0.3) is 5.69 Å². The minimum absolute atomic E-state index is 0.0296. The summed E-state index contributed by atoms with van der Waals surface area (Å²) >= 11 is 0. The zero-order valence-corrected chi connectivity index (χ0v) is 9.09. The highest BCUT2D eigenvalue weighted by Crippen LogP contribution is 2.28. The normalized spacial score (nSPS) is 10.7. The van der Waals surface area contributed by atoms with Gasteiger partial charge in [0.05, 0.1) is 16.0 Å². The fourth-order valence-electron chi connectivity index (χ4n) is 1.82. The number of fused-ring (bicyclic) bond motifs is 1. The minimum Gasteiger partial charge on any atom is -0.258 e. The van der Waals surface area contributed by atoms with Gasteiger partial charge in [0.15, 0.2) is 0 Å². The maximum absolute atomic E-state index is 11.0. The molecule has 2 aromatic heterocycles. The number of benzene rings is 1. The second-order valence-corrected chi connectivity index (χ2v) is 3.60. The van der Waals surface area contributed by atoms with E-state index in [1.165, 1.54) is 23.4 Å². The first kappa shape index (κ1) is 10.3. The molecule has 0 atom stereocenters. The Bertz CT molecular complexity index is 723. The Morgan fingerprint density at radius 1 is 1.28 bits per heavy atom. The van der Waals surface area contributed by atoms with Crippen molar-refractivity contribution in [3.05, 3.63) is 53.2 Å². The van der Waals surface area contributed by atoms with Gasteiger partial charge in [-0.15, -0.1) is 0 Å². The number of rotatable bonds is 2. The molecule has 0 aliphatic heterocycles. The maximum Gasteiger partial charge on any atom is 0.278 e. The number of nitrogens with zero attached hydrogens (tertiary/aromatic N) is 5. The third kappa shape index (κ3) is 1.49. The van der Waals surface area contributed by atoms with E-state index in [9.17, 15) is 10.1 Å². The van der Waals surface area contributed by atoms with Gasteiger partial charge in [-0.3, -0.25) is 15.1 Å². The van der Waals surface area contributed by atoms with Crippen molar-refractivity contribution in [1.29, 1.82) is 0 Å². The van der Waals surface area contributed by atoms with Crippen LogP contribution in [0.25, 0.3) is 16.6 Å². The lowest BCUT2D eigenvalue weighted by atomic mass is 10.1. The standard InChI is InChI=1S/C11H7N5O2/c17-16(18)9-3-4-10(15-7-12-6-14-15)11-8(9)2-1-5-13-11/h1-7H. The van der Waals surface area contributed by atoms with Crippen molar-refractivity contribution in [1.82, 2.24) is 19.7 Å². The summed E-state index contributed by atoms with van der Waals surface area (Å²) in [5, 5.41) is 15.4. The molecule has 0 saturated heterocycles. The number of non-ortho nitro benzene ring substituents is 1. The molecule has 0 radical (unpaired) electrons. The Kier molecular flexibility index (Phi) is 2.23. The van der Waals surface area contributed by atoms with Crippen molar-refractivity contribution in [2.75, 3.05) is 0 Å². The first-order valence-corrected chi connectivity index (χ1v) is 5.14. The number of nitro benzene ring substituents is 1. The third-order valence-corrected chi connectivity index (χ3v) is 2.59. The van der Waals surface area contributed by atoms with E-state index >= 15 is 0 Å². The highest BCUT2D eigenvalue weighted by molar-refractivity contribution is 5.93. The second kappa shape index (κ2) is 3.88. The molecule has 88 valence electrons. The lowest BCUT2D eigenvalue weighted by Gasteiger charge is -2.05. The third-order valence-electron chi connectivity index (χ3n) is 2.59. The molecule has 1 aromatic carbocycles.